The first-order chi connectivity index (χ1) is 23.2. The SMILES string of the molecule is COc1cc(OC(F)(F)F)ccc1Oc1cc(Cl)cc(F)c1C(=O)Cl.COc1cc(OC(F)(F)F)ccc1Oc1cc(Cl)cc(F)c1C(=O)O. The Bertz CT molecular complexity index is 1750. The number of carbonyl (C=O) groups is 2. The number of ether oxygens (including phenoxy) is 6. The molecule has 0 unspecified atom stereocenters. The third-order valence-electron chi connectivity index (χ3n) is 5.63. The standard InChI is InChI=1S/C15H8Cl2F4O4.C15H9ClF4O5/c1-23-11-6-8(25-15(19,20)21)2-3-10(11)24-12-5-7(16)4-9(18)13(12)14(17)22;1-23-11-6-8(25-15(18,19)20)2-3-10(11)24-12-5-7(16)4-9(17)13(12)14(21)22/h2-6H,1H3;2-6H,1H3,(H,21,22). The fourth-order valence-corrected chi connectivity index (χ4v) is 4.33. The maximum absolute atomic E-state index is 13.9. The number of carbonyl (C=O) groups excluding carboxylic acids is 1. The number of benzene rings is 4. The number of rotatable bonds is 10. The van der Waals surface area contributed by atoms with Crippen molar-refractivity contribution in [3.05, 3.63) is 93.5 Å². The van der Waals surface area contributed by atoms with Crippen LogP contribution in [0.4, 0.5) is 35.1 Å². The second-order valence-electron chi connectivity index (χ2n) is 9.03. The molecule has 0 saturated heterocycles. The highest BCUT2D eigenvalue weighted by molar-refractivity contribution is 6.68. The molecule has 4 rings (SSSR count). The summed E-state index contributed by atoms with van der Waals surface area (Å²) in [7, 11) is 2.32. The quantitative estimate of drug-likeness (QED) is 0.124. The summed E-state index contributed by atoms with van der Waals surface area (Å²) < 4.78 is 129. The average Bonchev–Trinajstić information content (AvgIpc) is 2.96. The lowest BCUT2D eigenvalue weighted by atomic mass is 10.2. The van der Waals surface area contributed by atoms with Crippen molar-refractivity contribution in [1.29, 1.82) is 0 Å². The Labute approximate surface area is 290 Å². The first-order valence-corrected chi connectivity index (χ1v) is 14.0. The van der Waals surface area contributed by atoms with E-state index in [1.54, 1.807) is 0 Å². The van der Waals surface area contributed by atoms with Gasteiger partial charge in [-0.05, 0) is 48.0 Å². The van der Waals surface area contributed by atoms with Gasteiger partial charge in [-0.2, -0.15) is 0 Å². The molecule has 0 heterocycles. The smallest absolute Gasteiger partial charge is 0.493 e. The summed E-state index contributed by atoms with van der Waals surface area (Å²) in [6.45, 7) is 0. The predicted octanol–water partition coefficient (Wildman–Crippen LogP) is 10.4. The largest absolute Gasteiger partial charge is 0.573 e. The van der Waals surface area contributed by atoms with E-state index in [0.29, 0.717) is 0 Å². The van der Waals surface area contributed by atoms with Gasteiger partial charge in [0.15, 0.2) is 23.0 Å². The van der Waals surface area contributed by atoms with Crippen LogP contribution in [0.2, 0.25) is 10.0 Å². The molecule has 0 bridgehead atoms. The highest BCUT2D eigenvalue weighted by Crippen LogP contribution is 2.40. The molecule has 0 aliphatic heterocycles. The second-order valence-corrected chi connectivity index (χ2v) is 10.2. The van der Waals surface area contributed by atoms with Gasteiger partial charge in [0.05, 0.1) is 14.2 Å². The Morgan fingerprint density at radius 1 is 0.600 bits per heavy atom. The molecule has 9 nitrogen and oxygen atoms in total. The molecule has 50 heavy (non-hydrogen) atoms. The van der Waals surface area contributed by atoms with E-state index in [0.717, 1.165) is 67.8 Å². The third kappa shape index (κ3) is 11.1. The Morgan fingerprint density at radius 2 is 0.980 bits per heavy atom. The van der Waals surface area contributed by atoms with Crippen LogP contribution in [0.15, 0.2) is 60.7 Å². The van der Waals surface area contributed by atoms with Crippen molar-refractivity contribution >= 4 is 46.0 Å². The van der Waals surface area contributed by atoms with Crippen molar-refractivity contribution in [3.63, 3.8) is 0 Å². The van der Waals surface area contributed by atoms with Gasteiger partial charge in [-0.3, -0.25) is 4.79 Å². The molecular weight excluding hydrogens is 763 g/mol. The number of alkyl halides is 6. The summed E-state index contributed by atoms with van der Waals surface area (Å²) in [5, 5.41) is 7.73. The Balaban J connectivity index is 0.000000270. The lowest BCUT2D eigenvalue weighted by molar-refractivity contribution is -0.275. The molecule has 0 amide bonds. The number of hydrogen-bond acceptors (Lipinski definition) is 8. The van der Waals surface area contributed by atoms with Gasteiger partial charge in [-0.1, -0.05) is 23.2 Å². The van der Waals surface area contributed by atoms with Gasteiger partial charge in [0.25, 0.3) is 5.24 Å². The van der Waals surface area contributed by atoms with Gasteiger partial charge in [0.2, 0.25) is 0 Å². The molecule has 1 N–H and O–H groups in total. The van der Waals surface area contributed by atoms with Crippen LogP contribution in [0.1, 0.15) is 20.7 Å². The number of aromatic carboxylic acids is 1. The Hall–Kier alpha value is -4.87. The monoisotopic (exact) mass is 778 g/mol. The molecule has 0 radical (unpaired) electrons. The molecule has 0 atom stereocenters. The maximum atomic E-state index is 13.9. The Kier molecular flexibility index (Phi) is 12.8. The minimum absolute atomic E-state index is 0.0786. The molecule has 4 aromatic carbocycles. The first-order valence-electron chi connectivity index (χ1n) is 12.9. The summed E-state index contributed by atoms with van der Waals surface area (Å²) in [5.41, 5.74) is -1.37. The highest BCUT2D eigenvalue weighted by Gasteiger charge is 2.32. The van der Waals surface area contributed by atoms with Crippen LogP contribution in [-0.2, 0) is 0 Å². The van der Waals surface area contributed by atoms with Gasteiger partial charge in [0.1, 0.15) is 45.8 Å². The number of carboxylic acid groups (broad SMARTS) is 1. The predicted molar refractivity (Wildman–Crippen MR) is 159 cm³/mol. The van der Waals surface area contributed by atoms with Gasteiger partial charge in [-0.15, -0.1) is 26.3 Å². The van der Waals surface area contributed by atoms with E-state index >= 15 is 0 Å². The van der Waals surface area contributed by atoms with Crippen LogP contribution in [0, 0.1) is 11.6 Å². The third-order valence-corrected chi connectivity index (χ3v) is 6.25. The normalized spacial score (nSPS) is 11.1. The number of methoxy groups -OCH3 is 2. The molecular formula is C30H17Cl3F8O9. The zero-order valence-electron chi connectivity index (χ0n) is 24.6. The average molecular weight is 780 g/mol. The molecule has 0 aromatic heterocycles. The number of halogens is 11. The van der Waals surface area contributed by atoms with E-state index in [9.17, 15) is 44.7 Å². The molecule has 0 aliphatic rings. The van der Waals surface area contributed by atoms with Crippen LogP contribution in [-0.4, -0.2) is 43.3 Å². The summed E-state index contributed by atoms with van der Waals surface area (Å²) in [4.78, 5) is 22.5. The fraction of sp³-hybridized carbons (Fsp3) is 0.133. The van der Waals surface area contributed by atoms with Crippen LogP contribution in [0.5, 0.6) is 46.0 Å². The van der Waals surface area contributed by atoms with E-state index in [1.165, 1.54) is 7.11 Å². The summed E-state index contributed by atoms with van der Waals surface area (Å²) in [6.07, 6.45) is -9.79. The molecule has 268 valence electrons. The van der Waals surface area contributed by atoms with Crippen molar-refractivity contribution in [1.82, 2.24) is 0 Å². The summed E-state index contributed by atoms with van der Waals surface area (Å²) >= 11 is 16.7. The minimum Gasteiger partial charge on any atom is -0.493 e. The van der Waals surface area contributed by atoms with Crippen LogP contribution in [0.3, 0.4) is 0 Å². The van der Waals surface area contributed by atoms with E-state index in [4.69, 9.17) is 58.9 Å². The maximum Gasteiger partial charge on any atom is 0.573 e. The van der Waals surface area contributed by atoms with E-state index in [1.807, 2.05) is 0 Å². The molecule has 4 aromatic rings. The zero-order chi connectivity index (χ0) is 37.6. The van der Waals surface area contributed by atoms with Crippen LogP contribution in [0.25, 0.3) is 0 Å². The Morgan fingerprint density at radius 3 is 1.32 bits per heavy atom. The van der Waals surface area contributed by atoms with E-state index in [-0.39, 0.29) is 38.8 Å². The molecule has 0 fully saturated rings. The fourth-order valence-electron chi connectivity index (χ4n) is 3.75. The highest BCUT2D eigenvalue weighted by atomic mass is 35.5. The molecule has 0 spiro atoms. The van der Waals surface area contributed by atoms with E-state index in [2.05, 4.69) is 9.47 Å². The topological polar surface area (TPSA) is 110 Å². The van der Waals surface area contributed by atoms with Crippen molar-refractivity contribution in [2.75, 3.05) is 14.2 Å². The second kappa shape index (κ2) is 16.2. The summed E-state index contributed by atoms with van der Waals surface area (Å²) in [6, 6.07) is 9.62. The van der Waals surface area contributed by atoms with Gasteiger partial charge in [0, 0.05) is 34.3 Å². The van der Waals surface area contributed by atoms with Gasteiger partial charge >= 0.3 is 18.7 Å². The van der Waals surface area contributed by atoms with Crippen molar-refractivity contribution in [2.24, 2.45) is 0 Å². The summed E-state index contributed by atoms with van der Waals surface area (Å²) in [5.74, 6) is -6.29. The van der Waals surface area contributed by atoms with Gasteiger partial charge < -0.3 is 33.5 Å². The zero-order valence-corrected chi connectivity index (χ0v) is 26.9. The van der Waals surface area contributed by atoms with E-state index < -0.39 is 63.9 Å². The van der Waals surface area contributed by atoms with Crippen molar-refractivity contribution in [2.45, 2.75) is 12.7 Å². The van der Waals surface area contributed by atoms with Crippen LogP contribution >= 0.6 is 34.8 Å². The molecule has 20 heteroatoms. The van der Waals surface area contributed by atoms with Crippen molar-refractivity contribution in [3.8, 4) is 46.0 Å². The number of hydrogen-bond donors (Lipinski definition) is 1. The van der Waals surface area contributed by atoms with Crippen molar-refractivity contribution < 1.29 is 78.2 Å². The van der Waals surface area contributed by atoms with Crippen LogP contribution < -0.4 is 28.4 Å². The molecule has 0 aliphatic carbocycles. The van der Waals surface area contributed by atoms with Gasteiger partial charge in [-0.25, -0.2) is 13.6 Å². The molecule has 0 saturated carbocycles. The first kappa shape index (κ1) is 39.6. The lowest BCUT2D eigenvalue weighted by Crippen LogP contribution is -2.17. The minimum atomic E-state index is -4.90. The number of carboxylic acids is 1. The lowest BCUT2D eigenvalue weighted by Gasteiger charge is -2.15.